The van der Waals surface area contributed by atoms with Gasteiger partial charge in [0.15, 0.2) is 0 Å². The predicted molar refractivity (Wildman–Crippen MR) is 64.4 cm³/mol. The predicted octanol–water partition coefficient (Wildman–Crippen LogP) is 3.42. The molecule has 1 rings (SSSR count). The van der Waals surface area contributed by atoms with Crippen LogP contribution in [0.15, 0.2) is 23.1 Å². The third-order valence-corrected chi connectivity index (χ3v) is 4.06. The van der Waals surface area contributed by atoms with Crippen LogP contribution >= 0.6 is 11.8 Å². The van der Waals surface area contributed by atoms with Crippen LogP contribution in [0.2, 0.25) is 0 Å². The zero-order valence-electron chi connectivity index (χ0n) is 9.46. The van der Waals surface area contributed by atoms with E-state index in [-0.39, 0.29) is 5.82 Å². The fraction of sp³-hybridized carbons (Fsp3) is 0.500. The van der Waals surface area contributed by atoms with Gasteiger partial charge in [0.25, 0.3) is 0 Å². The van der Waals surface area contributed by atoms with Crippen LogP contribution < -0.4 is 5.73 Å². The van der Waals surface area contributed by atoms with E-state index in [0.717, 1.165) is 10.5 Å². The van der Waals surface area contributed by atoms with Crippen LogP contribution in [0.5, 0.6) is 0 Å². The van der Waals surface area contributed by atoms with Crippen LogP contribution in [-0.2, 0) is 6.54 Å². The molecule has 3 heteroatoms. The highest BCUT2D eigenvalue weighted by molar-refractivity contribution is 8.00. The van der Waals surface area contributed by atoms with Gasteiger partial charge in [-0.25, -0.2) is 4.39 Å². The van der Waals surface area contributed by atoms with Crippen molar-refractivity contribution in [1.29, 1.82) is 0 Å². The van der Waals surface area contributed by atoms with Crippen molar-refractivity contribution < 1.29 is 4.39 Å². The molecule has 0 aliphatic carbocycles. The highest BCUT2D eigenvalue weighted by Gasteiger charge is 2.11. The van der Waals surface area contributed by atoms with Crippen LogP contribution in [0.3, 0.4) is 0 Å². The van der Waals surface area contributed by atoms with Crippen molar-refractivity contribution >= 4 is 11.8 Å². The van der Waals surface area contributed by atoms with Crippen molar-refractivity contribution in [2.45, 2.75) is 37.5 Å². The highest BCUT2D eigenvalue weighted by atomic mass is 32.2. The van der Waals surface area contributed by atoms with E-state index in [2.05, 4.69) is 20.8 Å². The molecule has 0 amide bonds. The van der Waals surface area contributed by atoms with Crippen molar-refractivity contribution in [1.82, 2.24) is 0 Å². The van der Waals surface area contributed by atoms with Crippen molar-refractivity contribution in [2.75, 3.05) is 0 Å². The molecule has 0 spiro atoms. The molecule has 84 valence electrons. The van der Waals surface area contributed by atoms with E-state index in [0.29, 0.717) is 17.7 Å². The van der Waals surface area contributed by atoms with Crippen molar-refractivity contribution in [3.8, 4) is 0 Å². The minimum absolute atomic E-state index is 0.211. The lowest BCUT2D eigenvalue weighted by Gasteiger charge is -2.16. The minimum Gasteiger partial charge on any atom is -0.326 e. The minimum atomic E-state index is -0.211. The monoisotopic (exact) mass is 227 g/mol. The highest BCUT2D eigenvalue weighted by Crippen LogP contribution is 2.30. The molecule has 0 aliphatic heterocycles. The molecule has 1 aromatic carbocycles. The molecule has 0 aromatic heterocycles. The molecule has 0 aliphatic rings. The van der Waals surface area contributed by atoms with Gasteiger partial charge in [-0.2, -0.15) is 0 Å². The Bertz CT molecular complexity index is 325. The van der Waals surface area contributed by atoms with Crippen LogP contribution in [0, 0.1) is 11.7 Å². The molecule has 1 unspecified atom stereocenters. The molecule has 0 bridgehead atoms. The number of thioether (sulfide) groups is 1. The third kappa shape index (κ3) is 3.50. The molecule has 1 nitrogen and oxygen atoms in total. The Morgan fingerprint density at radius 1 is 1.33 bits per heavy atom. The third-order valence-electron chi connectivity index (χ3n) is 2.49. The maximum absolute atomic E-state index is 13.0. The Morgan fingerprint density at radius 2 is 2.00 bits per heavy atom. The first-order chi connectivity index (χ1) is 7.04. The van der Waals surface area contributed by atoms with Gasteiger partial charge in [-0.3, -0.25) is 0 Å². The lowest BCUT2D eigenvalue weighted by atomic mass is 10.2. The molecule has 0 radical (unpaired) electrons. The van der Waals surface area contributed by atoms with E-state index in [1.807, 2.05) is 6.07 Å². The molecule has 2 N–H and O–H groups in total. The van der Waals surface area contributed by atoms with Crippen LogP contribution in [0.25, 0.3) is 0 Å². The number of hydrogen-bond acceptors (Lipinski definition) is 2. The maximum atomic E-state index is 13.0. The van der Waals surface area contributed by atoms with Gasteiger partial charge in [0.2, 0.25) is 0 Å². The van der Waals surface area contributed by atoms with Crippen molar-refractivity contribution in [3.63, 3.8) is 0 Å². The standard InChI is InChI=1S/C12H18FNS/c1-8(2)9(3)15-12-5-4-11(13)6-10(12)7-14/h4-6,8-9H,7,14H2,1-3H3. The fourth-order valence-electron chi connectivity index (χ4n) is 1.16. The van der Waals surface area contributed by atoms with Gasteiger partial charge in [-0.05, 0) is 29.7 Å². The number of benzene rings is 1. The number of rotatable bonds is 4. The topological polar surface area (TPSA) is 26.0 Å². The first kappa shape index (κ1) is 12.5. The van der Waals surface area contributed by atoms with Gasteiger partial charge in [-0.1, -0.05) is 20.8 Å². The summed E-state index contributed by atoms with van der Waals surface area (Å²) in [7, 11) is 0. The first-order valence-electron chi connectivity index (χ1n) is 5.19. The molecule has 1 aromatic rings. The summed E-state index contributed by atoms with van der Waals surface area (Å²) in [5, 5.41) is 0.515. The smallest absolute Gasteiger partial charge is 0.123 e. The lowest BCUT2D eigenvalue weighted by Crippen LogP contribution is -2.07. The van der Waals surface area contributed by atoms with Gasteiger partial charge in [0.1, 0.15) is 5.82 Å². The van der Waals surface area contributed by atoms with Gasteiger partial charge >= 0.3 is 0 Å². The van der Waals surface area contributed by atoms with Gasteiger partial charge in [-0.15, -0.1) is 11.8 Å². The van der Waals surface area contributed by atoms with Crippen molar-refractivity contribution in [3.05, 3.63) is 29.6 Å². The Labute approximate surface area is 95.2 Å². The van der Waals surface area contributed by atoms with Crippen LogP contribution in [0.1, 0.15) is 26.3 Å². The maximum Gasteiger partial charge on any atom is 0.123 e. The number of nitrogens with two attached hydrogens (primary N) is 1. The SMILES string of the molecule is CC(C)C(C)Sc1ccc(F)cc1CN. The quantitative estimate of drug-likeness (QED) is 0.798. The normalized spacial score (nSPS) is 13.2. The van der Waals surface area contributed by atoms with Crippen LogP contribution in [-0.4, -0.2) is 5.25 Å². The molecule has 15 heavy (non-hydrogen) atoms. The zero-order valence-corrected chi connectivity index (χ0v) is 10.3. The Morgan fingerprint density at radius 3 is 2.53 bits per heavy atom. The Hall–Kier alpha value is -0.540. The Balaban J connectivity index is 2.84. The molecule has 0 saturated heterocycles. The van der Waals surface area contributed by atoms with E-state index < -0.39 is 0 Å². The van der Waals surface area contributed by atoms with Crippen molar-refractivity contribution in [2.24, 2.45) is 11.7 Å². The summed E-state index contributed by atoms with van der Waals surface area (Å²) in [4.78, 5) is 1.10. The zero-order chi connectivity index (χ0) is 11.4. The fourth-order valence-corrected chi connectivity index (χ4v) is 2.27. The van der Waals surface area contributed by atoms with E-state index in [1.54, 1.807) is 11.8 Å². The molecule has 1 atom stereocenters. The second-order valence-electron chi connectivity index (χ2n) is 4.02. The lowest BCUT2D eigenvalue weighted by molar-refractivity contribution is 0.622. The average Bonchev–Trinajstić information content (AvgIpc) is 2.20. The number of hydrogen-bond donors (Lipinski definition) is 1. The summed E-state index contributed by atoms with van der Waals surface area (Å²) < 4.78 is 13.0. The summed E-state index contributed by atoms with van der Waals surface area (Å²) in [6.45, 7) is 6.94. The summed E-state index contributed by atoms with van der Waals surface area (Å²) in [5.74, 6) is 0.391. The second-order valence-corrected chi connectivity index (χ2v) is 5.44. The van der Waals surface area contributed by atoms with Gasteiger partial charge in [0, 0.05) is 16.7 Å². The molecule has 0 saturated carbocycles. The molecular weight excluding hydrogens is 209 g/mol. The second kappa shape index (κ2) is 5.52. The average molecular weight is 227 g/mol. The Kier molecular flexibility index (Phi) is 4.61. The largest absolute Gasteiger partial charge is 0.326 e. The van der Waals surface area contributed by atoms with E-state index in [9.17, 15) is 4.39 Å². The molecular formula is C12H18FNS. The summed E-state index contributed by atoms with van der Waals surface area (Å²) in [6, 6.07) is 4.84. The first-order valence-corrected chi connectivity index (χ1v) is 6.07. The summed E-state index contributed by atoms with van der Waals surface area (Å²) in [6.07, 6.45) is 0. The van der Waals surface area contributed by atoms with Gasteiger partial charge < -0.3 is 5.73 Å². The van der Waals surface area contributed by atoms with Gasteiger partial charge in [0.05, 0.1) is 0 Å². The summed E-state index contributed by atoms with van der Waals surface area (Å²) >= 11 is 1.76. The van der Waals surface area contributed by atoms with E-state index >= 15 is 0 Å². The van der Waals surface area contributed by atoms with E-state index in [1.165, 1.54) is 12.1 Å². The number of halogens is 1. The van der Waals surface area contributed by atoms with Crippen LogP contribution in [0.4, 0.5) is 4.39 Å². The molecule has 0 heterocycles. The van der Waals surface area contributed by atoms with E-state index in [4.69, 9.17) is 5.73 Å². The summed E-state index contributed by atoms with van der Waals surface area (Å²) in [5.41, 5.74) is 6.49. The molecule has 0 fully saturated rings.